The van der Waals surface area contributed by atoms with Gasteiger partial charge in [-0.25, -0.2) is 9.59 Å². The van der Waals surface area contributed by atoms with Crippen molar-refractivity contribution in [2.75, 3.05) is 36.7 Å². The molecule has 2 amide bonds. The molecule has 0 unspecified atom stereocenters. The zero-order valence-corrected chi connectivity index (χ0v) is 13.3. The summed E-state index contributed by atoms with van der Waals surface area (Å²) in [5, 5.41) is 5.44. The molecular weight excluding hydrogens is 294 g/mol. The van der Waals surface area contributed by atoms with Gasteiger partial charge in [0.15, 0.2) is 0 Å². The van der Waals surface area contributed by atoms with Crippen LogP contribution in [0.1, 0.15) is 10.4 Å². The van der Waals surface area contributed by atoms with Crippen molar-refractivity contribution in [3.63, 3.8) is 0 Å². The van der Waals surface area contributed by atoms with E-state index in [-0.39, 0.29) is 6.03 Å². The fourth-order valence-corrected chi connectivity index (χ4v) is 1.94. The van der Waals surface area contributed by atoms with Gasteiger partial charge < -0.3 is 20.3 Å². The standard InChI is InChI=1S/C17H19N3O3/c1-20(2)15-10-8-14(9-11-15)19-17(22)18-13-6-4-12(5-7-13)16(21)23-3/h4-11H,1-3H3,(H2,18,19,22). The number of nitrogens with one attached hydrogen (secondary N) is 2. The number of methoxy groups -OCH3 is 1. The van der Waals surface area contributed by atoms with Crippen LogP contribution in [0.3, 0.4) is 0 Å². The van der Waals surface area contributed by atoms with Crippen molar-refractivity contribution < 1.29 is 14.3 Å². The molecule has 0 aliphatic heterocycles. The molecule has 2 N–H and O–H groups in total. The zero-order valence-electron chi connectivity index (χ0n) is 13.3. The molecule has 0 saturated heterocycles. The Hall–Kier alpha value is -3.02. The predicted octanol–water partition coefficient (Wildman–Crippen LogP) is 3.18. The molecule has 0 aliphatic carbocycles. The van der Waals surface area contributed by atoms with Crippen LogP contribution in [0.2, 0.25) is 0 Å². The van der Waals surface area contributed by atoms with Crippen LogP contribution < -0.4 is 15.5 Å². The number of rotatable bonds is 4. The molecule has 6 heteroatoms. The predicted molar refractivity (Wildman–Crippen MR) is 91.2 cm³/mol. The van der Waals surface area contributed by atoms with E-state index >= 15 is 0 Å². The second-order valence-electron chi connectivity index (χ2n) is 5.09. The summed E-state index contributed by atoms with van der Waals surface area (Å²) in [7, 11) is 5.23. The first-order chi connectivity index (χ1) is 11.0. The Balaban J connectivity index is 1.95. The Morgan fingerprint density at radius 3 is 1.78 bits per heavy atom. The van der Waals surface area contributed by atoms with Gasteiger partial charge in [0, 0.05) is 31.2 Å². The molecule has 0 aliphatic rings. The van der Waals surface area contributed by atoms with Crippen LogP contribution in [0.5, 0.6) is 0 Å². The maximum Gasteiger partial charge on any atom is 0.337 e. The van der Waals surface area contributed by atoms with Crippen molar-refractivity contribution in [1.29, 1.82) is 0 Å². The molecule has 0 saturated carbocycles. The maximum atomic E-state index is 12.0. The van der Waals surface area contributed by atoms with Crippen LogP contribution in [0.15, 0.2) is 48.5 Å². The van der Waals surface area contributed by atoms with E-state index in [2.05, 4.69) is 15.4 Å². The summed E-state index contributed by atoms with van der Waals surface area (Å²) in [4.78, 5) is 25.3. The lowest BCUT2D eigenvalue weighted by atomic mass is 10.2. The molecule has 23 heavy (non-hydrogen) atoms. The van der Waals surface area contributed by atoms with Crippen LogP contribution in [0.25, 0.3) is 0 Å². The fourth-order valence-electron chi connectivity index (χ4n) is 1.94. The summed E-state index contributed by atoms with van der Waals surface area (Å²) < 4.78 is 4.62. The Labute approximate surface area is 135 Å². The van der Waals surface area contributed by atoms with Gasteiger partial charge in [0.05, 0.1) is 12.7 Å². The van der Waals surface area contributed by atoms with Crippen LogP contribution >= 0.6 is 0 Å². The second kappa shape index (κ2) is 7.31. The van der Waals surface area contributed by atoms with Crippen molar-refractivity contribution in [3.05, 3.63) is 54.1 Å². The minimum atomic E-state index is -0.415. The number of hydrogen-bond acceptors (Lipinski definition) is 4. The van der Waals surface area contributed by atoms with Crippen LogP contribution in [0.4, 0.5) is 21.9 Å². The van der Waals surface area contributed by atoms with Crippen molar-refractivity contribution in [2.45, 2.75) is 0 Å². The molecule has 6 nitrogen and oxygen atoms in total. The number of hydrogen-bond donors (Lipinski definition) is 2. The van der Waals surface area contributed by atoms with Crippen molar-refractivity contribution in [1.82, 2.24) is 0 Å². The SMILES string of the molecule is COC(=O)c1ccc(NC(=O)Nc2ccc(N(C)C)cc2)cc1. The number of esters is 1. The lowest BCUT2D eigenvalue weighted by Crippen LogP contribution is -2.19. The molecule has 0 spiro atoms. The monoisotopic (exact) mass is 313 g/mol. The summed E-state index contributed by atoms with van der Waals surface area (Å²) in [6.07, 6.45) is 0. The van der Waals surface area contributed by atoms with Crippen LogP contribution in [0, 0.1) is 0 Å². The number of carbonyl (C=O) groups is 2. The highest BCUT2D eigenvalue weighted by molar-refractivity contribution is 6.00. The van der Waals surface area contributed by atoms with E-state index in [4.69, 9.17) is 0 Å². The van der Waals surface area contributed by atoms with Gasteiger partial charge >= 0.3 is 12.0 Å². The number of anilines is 3. The van der Waals surface area contributed by atoms with E-state index in [9.17, 15) is 9.59 Å². The molecule has 120 valence electrons. The van der Waals surface area contributed by atoms with Gasteiger partial charge in [0.2, 0.25) is 0 Å². The lowest BCUT2D eigenvalue weighted by Gasteiger charge is -2.13. The highest BCUT2D eigenvalue weighted by Gasteiger charge is 2.06. The molecule has 0 bridgehead atoms. The van der Waals surface area contributed by atoms with Gasteiger partial charge in [0.25, 0.3) is 0 Å². The molecule has 0 heterocycles. The van der Waals surface area contributed by atoms with Gasteiger partial charge in [0.1, 0.15) is 0 Å². The Morgan fingerprint density at radius 1 is 0.870 bits per heavy atom. The molecule has 2 aromatic carbocycles. The van der Waals surface area contributed by atoms with Gasteiger partial charge in [-0.05, 0) is 48.5 Å². The average Bonchev–Trinajstić information content (AvgIpc) is 2.55. The minimum Gasteiger partial charge on any atom is -0.465 e. The Kier molecular flexibility index (Phi) is 5.19. The highest BCUT2D eigenvalue weighted by Crippen LogP contribution is 2.16. The van der Waals surface area contributed by atoms with Crippen LogP contribution in [-0.4, -0.2) is 33.2 Å². The maximum absolute atomic E-state index is 12.0. The third-order valence-electron chi connectivity index (χ3n) is 3.21. The van der Waals surface area contributed by atoms with Gasteiger partial charge in [-0.1, -0.05) is 0 Å². The first-order valence-corrected chi connectivity index (χ1v) is 7.03. The lowest BCUT2D eigenvalue weighted by molar-refractivity contribution is 0.0601. The van der Waals surface area contributed by atoms with E-state index in [1.807, 2.05) is 43.3 Å². The van der Waals surface area contributed by atoms with Gasteiger partial charge in [-0.15, -0.1) is 0 Å². The summed E-state index contributed by atoms with van der Waals surface area (Å²) >= 11 is 0. The highest BCUT2D eigenvalue weighted by atomic mass is 16.5. The van der Waals surface area contributed by atoms with Crippen molar-refractivity contribution in [2.24, 2.45) is 0 Å². The molecule has 0 aromatic heterocycles. The normalized spacial score (nSPS) is 9.87. The molecule has 0 fully saturated rings. The first-order valence-electron chi connectivity index (χ1n) is 7.03. The zero-order chi connectivity index (χ0) is 16.8. The number of benzene rings is 2. The van der Waals surface area contributed by atoms with E-state index in [1.54, 1.807) is 24.3 Å². The van der Waals surface area contributed by atoms with E-state index in [1.165, 1.54) is 7.11 Å². The fraction of sp³-hybridized carbons (Fsp3) is 0.176. The van der Waals surface area contributed by atoms with Crippen molar-refractivity contribution >= 4 is 29.1 Å². The summed E-state index contributed by atoms with van der Waals surface area (Å²) in [6, 6.07) is 13.6. The number of amides is 2. The largest absolute Gasteiger partial charge is 0.465 e. The molecule has 0 radical (unpaired) electrons. The van der Waals surface area contributed by atoms with Gasteiger partial charge in [-0.2, -0.15) is 0 Å². The summed E-state index contributed by atoms with van der Waals surface area (Å²) in [5.74, 6) is -0.415. The van der Waals surface area contributed by atoms with E-state index < -0.39 is 5.97 Å². The van der Waals surface area contributed by atoms with E-state index in [0.717, 1.165) is 5.69 Å². The van der Waals surface area contributed by atoms with Crippen molar-refractivity contribution in [3.8, 4) is 0 Å². The van der Waals surface area contributed by atoms with E-state index in [0.29, 0.717) is 16.9 Å². The first kappa shape index (κ1) is 16.4. The average molecular weight is 313 g/mol. The smallest absolute Gasteiger partial charge is 0.337 e. The molecule has 2 aromatic rings. The summed E-state index contributed by atoms with van der Waals surface area (Å²) in [6.45, 7) is 0. The molecule has 0 atom stereocenters. The molecular formula is C17H19N3O3. The number of nitrogens with zero attached hydrogens (tertiary/aromatic N) is 1. The minimum absolute atomic E-state index is 0.353. The molecule has 2 rings (SSSR count). The second-order valence-corrected chi connectivity index (χ2v) is 5.09. The number of ether oxygens (including phenoxy) is 1. The quantitative estimate of drug-likeness (QED) is 0.851. The van der Waals surface area contributed by atoms with Gasteiger partial charge in [-0.3, -0.25) is 0 Å². The Morgan fingerprint density at radius 2 is 1.35 bits per heavy atom. The summed E-state index contributed by atoms with van der Waals surface area (Å²) in [5.41, 5.74) is 2.76. The topological polar surface area (TPSA) is 70.7 Å². The third-order valence-corrected chi connectivity index (χ3v) is 3.21. The Bertz CT molecular complexity index is 679. The third kappa shape index (κ3) is 4.47. The van der Waals surface area contributed by atoms with Crippen LogP contribution in [-0.2, 0) is 4.74 Å². The number of urea groups is 1. The number of carbonyl (C=O) groups excluding carboxylic acids is 2.